The molecule has 2 heterocycles. The van der Waals surface area contributed by atoms with E-state index in [0.717, 1.165) is 5.56 Å². The molecule has 0 bridgehead atoms. The van der Waals surface area contributed by atoms with Gasteiger partial charge in [-0.1, -0.05) is 35.5 Å². The number of ether oxygens (including phenoxy) is 2. The van der Waals surface area contributed by atoms with E-state index in [-0.39, 0.29) is 30.3 Å². The van der Waals surface area contributed by atoms with Gasteiger partial charge in [-0.3, -0.25) is 10.1 Å². The van der Waals surface area contributed by atoms with Crippen molar-refractivity contribution in [2.24, 2.45) is 0 Å². The lowest BCUT2D eigenvalue weighted by Gasteiger charge is -2.03. The molecule has 10 nitrogen and oxygen atoms in total. The molecular weight excluding hydrogens is 416 g/mol. The molecule has 0 aliphatic rings. The van der Waals surface area contributed by atoms with Crippen molar-refractivity contribution < 1.29 is 23.7 Å². The van der Waals surface area contributed by atoms with Gasteiger partial charge in [0.25, 0.3) is 5.69 Å². The Labute approximate surface area is 182 Å². The van der Waals surface area contributed by atoms with E-state index >= 15 is 0 Å². The number of nitro groups is 1. The predicted molar refractivity (Wildman–Crippen MR) is 112 cm³/mol. The maximum absolute atomic E-state index is 12.4. The summed E-state index contributed by atoms with van der Waals surface area (Å²) in [5, 5.41) is 19.1. The van der Waals surface area contributed by atoms with E-state index in [2.05, 4.69) is 10.3 Å². The van der Waals surface area contributed by atoms with Crippen LogP contribution in [0.15, 0.2) is 71.4 Å². The van der Waals surface area contributed by atoms with Crippen LogP contribution in [-0.2, 0) is 11.3 Å². The first-order valence-corrected chi connectivity index (χ1v) is 9.70. The maximum atomic E-state index is 12.4. The third kappa shape index (κ3) is 4.48. The summed E-state index contributed by atoms with van der Waals surface area (Å²) in [6, 6.07) is 17.0. The van der Waals surface area contributed by atoms with Gasteiger partial charge in [-0.15, -0.1) is 0 Å². The first-order valence-electron chi connectivity index (χ1n) is 9.70. The lowest BCUT2D eigenvalue weighted by Crippen LogP contribution is -2.08. The van der Waals surface area contributed by atoms with Crippen LogP contribution in [0, 0.1) is 10.1 Å². The lowest BCUT2D eigenvalue weighted by molar-refractivity contribution is -0.384. The van der Waals surface area contributed by atoms with Crippen molar-refractivity contribution in [3.63, 3.8) is 0 Å². The highest BCUT2D eigenvalue weighted by Crippen LogP contribution is 2.24. The van der Waals surface area contributed by atoms with Gasteiger partial charge in [-0.25, -0.2) is 9.48 Å². The number of rotatable bonds is 8. The second-order valence-corrected chi connectivity index (χ2v) is 6.61. The molecule has 4 aromatic rings. The highest BCUT2D eigenvalue weighted by atomic mass is 16.6. The van der Waals surface area contributed by atoms with Gasteiger partial charge in [0.1, 0.15) is 12.3 Å². The molecule has 0 N–H and O–H groups in total. The highest BCUT2D eigenvalue weighted by molar-refractivity contribution is 5.90. The van der Waals surface area contributed by atoms with Crippen LogP contribution in [0.25, 0.3) is 16.9 Å². The number of benzene rings is 2. The SMILES string of the molecule is CCOC(=O)c1nn(-c2ccc([N+](=O)[O-])cc2)cc1OCc1cc(-c2ccccc2)no1. The number of nitrogens with zero attached hydrogens (tertiary/aromatic N) is 4. The van der Waals surface area contributed by atoms with E-state index < -0.39 is 10.9 Å². The molecule has 0 saturated carbocycles. The third-order valence-corrected chi connectivity index (χ3v) is 4.47. The number of carbonyl (C=O) groups excluding carboxylic acids is 1. The summed E-state index contributed by atoms with van der Waals surface area (Å²) in [6.07, 6.45) is 1.50. The van der Waals surface area contributed by atoms with E-state index in [4.69, 9.17) is 14.0 Å². The molecule has 0 spiro atoms. The summed E-state index contributed by atoms with van der Waals surface area (Å²) in [5.41, 5.74) is 2.01. The van der Waals surface area contributed by atoms with Gasteiger partial charge >= 0.3 is 5.97 Å². The zero-order chi connectivity index (χ0) is 22.5. The number of hydrogen-bond donors (Lipinski definition) is 0. The Morgan fingerprint density at radius 3 is 2.59 bits per heavy atom. The van der Waals surface area contributed by atoms with Crippen molar-refractivity contribution in [1.82, 2.24) is 14.9 Å². The predicted octanol–water partition coefficient (Wildman–Crippen LogP) is 4.19. The quantitative estimate of drug-likeness (QED) is 0.230. The van der Waals surface area contributed by atoms with Crippen LogP contribution < -0.4 is 4.74 Å². The first-order chi connectivity index (χ1) is 15.5. The molecule has 0 saturated heterocycles. The molecule has 0 amide bonds. The smallest absolute Gasteiger partial charge is 0.362 e. The van der Waals surface area contributed by atoms with E-state index in [0.29, 0.717) is 17.1 Å². The normalized spacial score (nSPS) is 10.7. The zero-order valence-corrected chi connectivity index (χ0v) is 17.0. The molecule has 162 valence electrons. The minimum Gasteiger partial charge on any atom is -0.481 e. The Kier molecular flexibility index (Phi) is 5.93. The molecule has 32 heavy (non-hydrogen) atoms. The molecule has 4 rings (SSSR count). The number of non-ortho nitro benzene ring substituents is 1. The standard InChI is InChI=1S/C22H18N4O6/c1-2-30-22(27)21-20(13-25(23-21)16-8-10-17(11-9-16)26(28)29)31-14-18-12-19(24-32-18)15-6-4-3-5-7-15/h3-13H,2,14H2,1H3. The third-order valence-electron chi connectivity index (χ3n) is 4.47. The minimum absolute atomic E-state index is 0.0121. The molecule has 0 unspecified atom stereocenters. The summed E-state index contributed by atoms with van der Waals surface area (Å²) >= 11 is 0. The fourth-order valence-electron chi connectivity index (χ4n) is 2.94. The van der Waals surface area contributed by atoms with E-state index in [9.17, 15) is 14.9 Å². The molecule has 2 aromatic heterocycles. The van der Waals surface area contributed by atoms with Gasteiger partial charge in [-0.05, 0) is 19.1 Å². The molecule has 0 radical (unpaired) electrons. The summed E-state index contributed by atoms with van der Waals surface area (Å²) < 4.78 is 17.6. The van der Waals surface area contributed by atoms with Crippen molar-refractivity contribution >= 4 is 11.7 Å². The van der Waals surface area contributed by atoms with Gasteiger partial charge in [0.05, 0.1) is 23.4 Å². The Hall–Kier alpha value is -4.47. The summed E-state index contributed by atoms with van der Waals surface area (Å²) in [6.45, 7) is 1.87. The van der Waals surface area contributed by atoms with Crippen LogP contribution in [0.1, 0.15) is 23.2 Å². The number of aromatic nitrogens is 3. The average molecular weight is 434 g/mol. The number of esters is 1. The topological polar surface area (TPSA) is 123 Å². The number of hydrogen-bond acceptors (Lipinski definition) is 8. The summed E-state index contributed by atoms with van der Waals surface area (Å²) in [7, 11) is 0. The summed E-state index contributed by atoms with van der Waals surface area (Å²) in [4.78, 5) is 22.7. The first kappa shape index (κ1) is 20.8. The second kappa shape index (κ2) is 9.13. The van der Waals surface area contributed by atoms with Crippen LogP contribution in [0.5, 0.6) is 5.75 Å². The van der Waals surface area contributed by atoms with Crippen LogP contribution in [-0.4, -0.2) is 32.4 Å². The van der Waals surface area contributed by atoms with Crippen molar-refractivity contribution in [2.75, 3.05) is 6.61 Å². The van der Waals surface area contributed by atoms with Crippen molar-refractivity contribution in [3.05, 3.63) is 88.4 Å². The largest absolute Gasteiger partial charge is 0.481 e. The fourth-order valence-corrected chi connectivity index (χ4v) is 2.94. The van der Waals surface area contributed by atoms with Crippen molar-refractivity contribution in [1.29, 1.82) is 0 Å². The molecule has 10 heteroatoms. The lowest BCUT2D eigenvalue weighted by atomic mass is 10.1. The minimum atomic E-state index is -0.647. The van der Waals surface area contributed by atoms with E-state index in [1.807, 2.05) is 30.3 Å². The van der Waals surface area contributed by atoms with Gasteiger partial charge in [-0.2, -0.15) is 5.10 Å². The molecular formula is C22H18N4O6. The van der Waals surface area contributed by atoms with Crippen LogP contribution in [0.2, 0.25) is 0 Å². The van der Waals surface area contributed by atoms with E-state index in [1.165, 1.54) is 35.1 Å². The highest BCUT2D eigenvalue weighted by Gasteiger charge is 2.21. The average Bonchev–Trinajstić information content (AvgIpc) is 3.46. The maximum Gasteiger partial charge on any atom is 0.362 e. The van der Waals surface area contributed by atoms with Gasteiger partial charge < -0.3 is 14.0 Å². The monoisotopic (exact) mass is 434 g/mol. The number of carbonyl (C=O) groups is 1. The van der Waals surface area contributed by atoms with Gasteiger partial charge in [0.15, 0.2) is 11.5 Å². The van der Waals surface area contributed by atoms with Crippen LogP contribution in [0.3, 0.4) is 0 Å². The van der Waals surface area contributed by atoms with Crippen molar-refractivity contribution in [2.45, 2.75) is 13.5 Å². The Morgan fingerprint density at radius 1 is 1.16 bits per heavy atom. The fraction of sp³-hybridized carbons (Fsp3) is 0.136. The van der Waals surface area contributed by atoms with Crippen LogP contribution >= 0.6 is 0 Å². The van der Waals surface area contributed by atoms with Crippen LogP contribution in [0.4, 0.5) is 5.69 Å². The molecule has 0 aliphatic heterocycles. The molecule has 0 atom stereocenters. The molecule has 0 aliphatic carbocycles. The number of nitro benzene ring substituents is 1. The Bertz CT molecular complexity index is 1230. The second-order valence-electron chi connectivity index (χ2n) is 6.61. The zero-order valence-electron chi connectivity index (χ0n) is 17.0. The van der Waals surface area contributed by atoms with E-state index in [1.54, 1.807) is 13.0 Å². The summed E-state index contributed by atoms with van der Waals surface area (Å²) in [5.74, 6) is -0.00748. The van der Waals surface area contributed by atoms with Crippen molar-refractivity contribution in [3.8, 4) is 22.7 Å². The molecule has 2 aromatic carbocycles. The molecule has 0 fully saturated rings. The Balaban J connectivity index is 1.56. The van der Waals surface area contributed by atoms with Gasteiger partial charge in [0.2, 0.25) is 5.69 Å². The Morgan fingerprint density at radius 2 is 1.91 bits per heavy atom. The van der Waals surface area contributed by atoms with Gasteiger partial charge in [0, 0.05) is 23.8 Å².